The van der Waals surface area contributed by atoms with Gasteiger partial charge in [-0.15, -0.1) is 10.2 Å². The Hall–Kier alpha value is -3.65. The topological polar surface area (TPSA) is 81.9 Å². The van der Waals surface area contributed by atoms with Gasteiger partial charge >= 0.3 is 0 Å². The van der Waals surface area contributed by atoms with Crippen LogP contribution in [0.25, 0.3) is 17.1 Å². The fourth-order valence-corrected chi connectivity index (χ4v) is 4.57. The van der Waals surface area contributed by atoms with E-state index in [2.05, 4.69) is 40.4 Å². The van der Waals surface area contributed by atoms with Crippen molar-refractivity contribution < 1.29 is 9.53 Å². The Bertz CT molecular complexity index is 1270. The number of nitrogens with one attached hydrogen (secondary N) is 1. The number of carbonyl (C=O) groups is 1. The molecule has 2 atom stereocenters. The number of hydrogen-bond donors (Lipinski definition) is 1. The Morgan fingerprint density at radius 3 is 2.43 bits per heavy atom. The average molecular weight is 488 g/mol. The molecule has 8 heteroatoms. The Labute approximate surface area is 210 Å². The molecular formula is C27H29N5O2S. The lowest BCUT2D eigenvalue weighted by Gasteiger charge is -2.18. The summed E-state index contributed by atoms with van der Waals surface area (Å²) in [6, 6.07) is 19.4. The Balaban J connectivity index is 1.62. The largest absolute Gasteiger partial charge is 0.497 e. The SMILES string of the molecule is CCC(C)c1ccccc1NC(=O)C(C)Sc1nnc(-c2ccncc2)n1-c1ccc(OC)cc1. The molecule has 0 spiro atoms. The number of hydrogen-bond acceptors (Lipinski definition) is 6. The Morgan fingerprint density at radius 1 is 1.03 bits per heavy atom. The summed E-state index contributed by atoms with van der Waals surface area (Å²) in [4.78, 5) is 17.3. The van der Waals surface area contributed by atoms with Crippen LogP contribution < -0.4 is 10.1 Å². The second-order valence-electron chi connectivity index (χ2n) is 8.22. The number of carbonyl (C=O) groups excluding carboxylic acids is 1. The highest BCUT2D eigenvalue weighted by atomic mass is 32.2. The van der Waals surface area contributed by atoms with Gasteiger partial charge in [-0.3, -0.25) is 14.3 Å². The van der Waals surface area contributed by atoms with E-state index < -0.39 is 5.25 Å². The molecule has 0 aliphatic carbocycles. The van der Waals surface area contributed by atoms with Crippen molar-refractivity contribution in [1.82, 2.24) is 19.7 Å². The van der Waals surface area contributed by atoms with Crippen molar-refractivity contribution in [2.45, 2.75) is 43.5 Å². The van der Waals surface area contributed by atoms with Gasteiger partial charge in [-0.05, 0) is 67.3 Å². The van der Waals surface area contributed by atoms with Crippen molar-refractivity contribution in [1.29, 1.82) is 0 Å². The predicted octanol–water partition coefficient (Wildman–Crippen LogP) is 5.97. The van der Waals surface area contributed by atoms with Crippen molar-refractivity contribution >= 4 is 23.4 Å². The van der Waals surface area contributed by atoms with Gasteiger partial charge in [-0.25, -0.2) is 0 Å². The fraction of sp³-hybridized carbons (Fsp3) is 0.259. The van der Waals surface area contributed by atoms with Gasteiger partial charge < -0.3 is 10.1 Å². The molecule has 7 nitrogen and oxygen atoms in total. The fourth-order valence-electron chi connectivity index (χ4n) is 3.70. The lowest BCUT2D eigenvalue weighted by atomic mass is 9.97. The van der Waals surface area contributed by atoms with E-state index in [0.29, 0.717) is 16.9 Å². The number of nitrogens with zero attached hydrogens (tertiary/aromatic N) is 4. The number of amides is 1. The highest BCUT2D eigenvalue weighted by Gasteiger charge is 2.23. The first-order valence-corrected chi connectivity index (χ1v) is 12.5. The van der Waals surface area contributed by atoms with E-state index in [1.807, 2.05) is 66.1 Å². The zero-order valence-electron chi connectivity index (χ0n) is 20.3. The number of para-hydroxylation sites is 1. The molecule has 0 aliphatic rings. The minimum atomic E-state index is -0.397. The molecule has 2 unspecified atom stereocenters. The summed E-state index contributed by atoms with van der Waals surface area (Å²) in [5.74, 6) is 1.71. The number of rotatable bonds is 9. The number of anilines is 1. The van der Waals surface area contributed by atoms with Gasteiger partial charge in [0.25, 0.3) is 0 Å². The maximum atomic E-state index is 13.2. The van der Waals surface area contributed by atoms with Crippen molar-refractivity contribution in [3.8, 4) is 22.8 Å². The number of aromatic nitrogens is 4. The van der Waals surface area contributed by atoms with Crippen LogP contribution in [0.15, 0.2) is 78.2 Å². The second kappa shape index (κ2) is 11.2. The maximum absolute atomic E-state index is 13.2. The molecule has 4 aromatic rings. The summed E-state index contributed by atoms with van der Waals surface area (Å²) < 4.78 is 7.27. The molecular weight excluding hydrogens is 458 g/mol. The van der Waals surface area contributed by atoms with Crippen molar-refractivity contribution in [3.05, 3.63) is 78.6 Å². The third kappa shape index (κ3) is 5.54. The van der Waals surface area contributed by atoms with Gasteiger partial charge in [-0.1, -0.05) is 43.8 Å². The van der Waals surface area contributed by atoms with Crippen molar-refractivity contribution in [2.75, 3.05) is 12.4 Å². The van der Waals surface area contributed by atoms with Crippen LogP contribution in [0.4, 0.5) is 5.69 Å². The van der Waals surface area contributed by atoms with Gasteiger partial charge in [-0.2, -0.15) is 0 Å². The molecule has 2 aromatic heterocycles. The first-order valence-electron chi connectivity index (χ1n) is 11.6. The monoisotopic (exact) mass is 487 g/mol. The van der Waals surface area contributed by atoms with E-state index in [1.54, 1.807) is 19.5 Å². The smallest absolute Gasteiger partial charge is 0.237 e. The number of thioether (sulfide) groups is 1. The van der Waals surface area contributed by atoms with Crippen molar-refractivity contribution in [2.24, 2.45) is 0 Å². The van der Waals surface area contributed by atoms with E-state index in [4.69, 9.17) is 4.74 Å². The highest BCUT2D eigenvalue weighted by Crippen LogP contribution is 2.32. The van der Waals surface area contributed by atoms with E-state index in [0.717, 1.165) is 34.7 Å². The van der Waals surface area contributed by atoms with E-state index in [-0.39, 0.29) is 5.91 Å². The summed E-state index contributed by atoms with van der Waals surface area (Å²) >= 11 is 1.37. The average Bonchev–Trinajstić information content (AvgIpc) is 3.32. The molecule has 2 heterocycles. The molecule has 1 N–H and O–H groups in total. The molecule has 0 saturated heterocycles. The zero-order chi connectivity index (χ0) is 24.8. The molecule has 4 rings (SSSR count). The summed E-state index contributed by atoms with van der Waals surface area (Å²) in [7, 11) is 1.64. The molecule has 0 radical (unpaired) electrons. The third-order valence-electron chi connectivity index (χ3n) is 5.92. The van der Waals surface area contributed by atoms with E-state index in [1.165, 1.54) is 11.8 Å². The zero-order valence-corrected chi connectivity index (χ0v) is 21.1. The normalized spacial score (nSPS) is 12.7. The molecule has 0 bridgehead atoms. The van der Waals surface area contributed by atoms with E-state index in [9.17, 15) is 4.79 Å². The summed E-state index contributed by atoms with van der Waals surface area (Å²) in [5.41, 5.74) is 3.75. The third-order valence-corrected chi connectivity index (χ3v) is 6.96. The molecule has 0 aliphatic heterocycles. The summed E-state index contributed by atoms with van der Waals surface area (Å²) in [5, 5.41) is 12.2. The lowest BCUT2D eigenvalue weighted by molar-refractivity contribution is -0.115. The second-order valence-corrected chi connectivity index (χ2v) is 9.53. The molecule has 2 aromatic carbocycles. The van der Waals surface area contributed by atoms with Crippen LogP contribution in [-0.4, -0.2) is 38.0 Å². The number of pyridine rings is 1. The van der Waals surface area contributed by atoms with Gasteiger partial charge in [0.2, 0.25) is 5.91 Å². The van der Waals surface area contributed by atoms with Crippen molar-refractivity contribution in [3.63, 3.8) is 0 Å². The minimum Gasteiger partial charge on any atom is -0.497 e. The van der Waals surface area contributed by atoms with Gasteiger partial charge in [0.15, 0.2) is 11.0 Å². The van der Waals surface area contributed by atoms with Gasteiger partial charge in [0, 0.05) is 29.3 Å². The summed E-state index contributed by atoms with van der Waals surface area (Å²) in [6.07, 6.45) is 4.44. The highest BCUT2D eigenvalue weighted by molar-refractivity contribution is 8.00. The van der Waals surface area contributed by atoms with Crippen LogP contribution in [0, 0.1) is 0 Å². The van der Waals surface area contributed by atoms with Crippen LogP contribution in [0.2, 0.25) is 0 Å². The maximum Gasteiger partial charge on any atom is 0.237 e. The van der Waals surface area contributed by atoms with Crippen LogP contribution in [0.1, 0.15) is 38.7 Å². The van der Waals surface area contributed by atoms with Crippen LogP contribution >= 0.6 is 11.8 Å². The summed E-state index contributed by atoms with van der Waals surface area (Å²) in [6.45, 7) is 6.19. The quantitative estimate of drug-likeness (QED) is 0.293. The predicted molar refractivity (Wildman–Crippen MR) is 140 cm³/mol. The minimum absolute atomic E-state index is 0.0829. The first kappa shape index (κ1) is 24.5. The lowest BCUT2D eigenvalue weighted by Crippen LogP contribution is -2.23. The Morgan fingerprint density at radius 2 is 1.74 bits per heavy atom. The van der Waals surface area contributed by atoms with Crippen LogP contribution in [0.5, 0.6) is 5.75 Å². The van der Waals surface area contributed by atoms with Gasteiger partial charge in [0.1, 0.15) is 5.75 Å². The first-order chi connectivity index (χ1) is 17.0. The molecule has 180 valence electrons. The van der Waals surface area contributed by atoms with Gasteiger partial charge in [0.05, 0.1) is 12.4 Å². The van der Waals surface area contributed by atoms with E-state index >= 15 is 0 Å². The number of ether oxygens (including phenoxy) is 1. The Kier molecular flexibility index (Phi) is 7.82. The van der Waals surface area contributed by atoms with Crippen LogP contribution in [-0.2, 0) is 4.79 Å². The molecule has 1 amide bonds. The molecule has 35 heavy (non-hydrogen) atoms. The molecule has 0 fully saturated rings. The molecule has 0 saturated carbocycles. The standard InChI is InChI=1S/C27H29N5O2S/c1-5-18(2)23-8-6-7-9-24(23)29-26(33)19(3)35-27-31-30-25(20-14-16-28-17-15-20)32(27)21-10-12-22(34-4)13-11-21/h6-19H,5H2,1-4H3,(H,29,33). The number of methoxy groups -OCH3 is 1. The van der Waals surface area contributed by atoms with Crippen LogP contribution in [0.3, 0.4) is 0 Å². The number of benzene rings is 2.